The highest BCUT2D eigenvalue weighted by molar-refractivity contribution is 6.01. The normalized spacial score (nSPS) is 23.3. The van der Waals surface area contributed by atoms with Crippen LogP contribution in [0.2, 0.25) is 0 Å². The van der Waals surface area contributed by atoms with Gasteiger partial charge in [0.2, 0.25) is 0 Å². The molecule has 2 aliphatic heterocycles. The Morgan fingerprint density at radius 3 is 2.88 bits per heavy atom. The van der Waals surface area contributed by atoms with Crippen molar-refractivity contribution in [2.45, 2.75) is 25.0 Å². The Balaban J connectivity index is 1.40. The van der Waals surface area contributed by atoms with E-state index in [9.17, 15) is 0 Å². The number of likely N-dealkylation sites (tertiary alicyclic amines) is 1. The summed E-state index contributed by atoms with van der Waals surface area (Å²) in [6.07, 6.45) is 5.61. The largest absolute Gasteiger partial charge is 0.497 e. The number of pyridine rings is 1. The van der Waals surface area contributed by atoms with Crippen molar-refractivity contribution in [2.75, 3.05) is 20.2 Å². The molecular weight excluding hydrogens is 302 g/mol. The number of hydrogen-bond acceptors (Lipinski definition) is 5. The molecule has 4 rings (SSSR count). The van der Waals surface area contributed by atoms with Gasteiger partial charge in [-0.2, -0.15) is 0 Å². The van der Waals surface area contributed by atoms with Gasteiger partial charge in [0, 0.05) is 44.9 Å². The smallest absolute Gasteiger partial charge is 0.157 e. The maximum atomic E-state index is 5.89. The summed E-state index contributed by atoms with van der Waals surface area (Å²) >= 11 is 0. The van der Waals surface area contributed by atoms with Crippen molar-refractivity contribution in [3.8, 4) is 5.75 Å². The lowest BCUT2D eigenvalue weighted by molar-refractivity contribution is -0.0104. The molecule has 1 spiro atoms. The minimum absolute atomic E-state index is 0.169. The minimum atomic E-state index is -0.169. The summed E-state index contributed by atoms with van der Waals surface area (Å²) in [5.74, 6) is 0.858. The van der Waals surface area contributed by atoms with Crippen LogP contribution in [0.1, 0.15) is 24.0 Å². The number of hydrogen-bond donors (Lipinski definition) is 0. The van der Waals surface area contributed by atoms with Crippen molar-refractivity contribution in [1.82, 2.24) is 9.88 Å². The van der Waals surface area contributed by atoms with Crippen LogP contribution >= 0.6 is 0 Å². The SMILES string of the molecule is COc1ccc(C2=NOC3(CCN(Cc4cccnc4)C3)C2)cc1. The second kappa shape index (κ2) is 6.24. The van der Waals surface area contributed by atoms with Crippen LogP contribution in [0.25, 0.3) is 0 Å². The molecule has 0 saturated carbocycles. The van der Waals surface area contributed by atoms with Crippen molar-refractivity contribution in [3.05, 3.63) is 59.9 Å². The molecule has 1 aromatic heterocycles. The van der Waals surface area contributed by atoms with Crippen molar-refractivity contribution in [2.24, 2.45) is 5.16 Å². The van der Waals surface area contributed by atoms with E-state index in [2.05, 4.69) is 21.1 Å². The van der Waals surface area contributed by atoms with Crippen LogP contribution < -0.4 is 4.74 Å². The van der Waals surface area contributed by atoms with Gasteiger partial charge in [-0.25, -0.2) is 0 Å². The van der Waals surface area contributed by atoms with Crippen molar-refractivity contribution >= 4 is 5.71 Å². The van der Waals surface area contributed by atoms with E-state index in [1.54, 1.807) is 7.11 Å². The van der Waals surface area contributed by atoms with Crippen molar-refractivity contribution in [1.29, 1.82) is 0 Å². The molecule has 1 atom stereocenters. The van der Waals surface area contributed by atoms with Gasteiger partial charge >= 0.3 is 0 Å². The average molecular weight is 323 g/mol. The highest BCUT2D eigenvalue weighted by Crippen LogP contribution is 2.36. The molecule has 1 aromatic carbocycles. The van der Waals surface area contributed by atoms with Crippen LogP contribution in [0.4, 0.5) is 0 Å². The third-order valence-corrected chi connectivity index (χ3v) is 4.79. The Kier molecular flexibility index (Phi) is 3.94. The van der Waals surface area contributed by atoms with E-state index in [1.165, 1.54) is 5.56 Å². The first-order valence-electron chi connectivity index (χ1n) is 8.27. The Hall–Kier alpha value is -2.40. The summed E-state index contributed by atoms with van der Waals surface area (Å²) in [4.78, 5) is 12.5. The van der Waals surface area contributed by atoms with E-state index in [0.717, 1.165) is 49.5 Å². The first kappa shape index (κ1) is 15.1. The van der Waals surface area contributed by atoms with Crippen LogP contribution in [-0.4, -0.2) is 41.4 Å². The lowest BCUT2D eigenvalue weighted by atomic mass is 9.93. The topological polar surface area (TPSA) is 47.0 Å². The molecule has 0 amide bonds. The van der Waals surface area contributed by atoms with E-state index in [-0.39, 0.29) is 5.60 Å². The zero-order valence-electron chi connectivity index (χ0n) is 13.8. The number of rotatable bonds is 4. The number of oxime groups is 1. The monoisotopic (exact) mass is 323 g/mol. The molecule has 3 heterocycles. The summed E-state index contributed by atoms with van der Waals surface area (Å²) in [7, 11) is 1.68. The van der Waals surface area contributed by atoms with Gasteiger partial charge in [-0.05, 0) is 41.5 Å². The van der Waals surface area contributed by atoms with Gasteiger partial charge in [0.25, 0.3) is 0 Å². The zero-order valence-corrected chi connectivity index (χ0v) is 13.8. The quantitative estimate of drug-likeness (QED) is 0.868. The lowest BCUT2D eigenvalue weighted by Crippen LogP contribution is -2.33. The maximum absolute atomic E-state index is 5.89. The predicted octanol–water partition coefficient (Wildman–Crippen LogP) is 2.86. The van der Waals surface area contributed by atoms with Crippen LogP contribution in [0.15, 0.2) is 53.9 Å². The van der Waals surface area contributed by atoms with Gasteiger partial charge < -0.3 is 9.57 Å². The molecule has 1 fully saturated rings. The van der Waals surface area contributed by atoms with Crippen LogP contribution in [-0.2, 0) is 11.4 Å². The molecule has 1 unspecified atom stereocenters. The number of benzene rings is 1. The fraction of sp³-hybridized carbons (Fsp3) is 0.368. The molecule has 0 N–H and O–H groups in total. The Bertz CT molecular complexity index is 730. The number of nitrogens with zero attached hydrogens (tertiary/aromatic N) is 3. The number of ether oxygens (including phenoxy) is 1. The summed E-state index contributed by atoms with van der Waals surface area (Å²) in [6, 6.07) is 12.1. The second-order valence-corrected chi connectivity index (χ2v) is 6.54. The molecule has 5 nitrogen and oxygen atoms in total. The molecule has 124 valence electrons. The molecule has 24 heavy (non-hydrogen) atoms. The fourth-order valence-corrected chi connectivity index (χ4v) is 3.49. The molecule has 5 heteroatoms. The van der Waals surface area contributed by atoms with Crippen molar-refractivity contribution in [3.63, 3.8) is 0 Å². The van der Waals surface area contributed by atoms with Gasteiger partial charge in [0.05, 0.1) is 12.8 Å². The van der Waals surface area contributed by atoms with Gasteiger partial charge in [-0.15, -0.1) is 0 Å². The summed E-state index contributed by atoms with van der Waals surface area (Å²) in [6.45, 7) is 2.85. The third-order valence-electron chi connectivity index (χ3n) is 4.79. The molecule has 0 aliphatic carbocycles. The molecule has 0 bridgehead atoms. The maximum Gasteiger partial charge on any atom is 0.157 e. The van der Waals surface area contributed by atoms with E-state index in [0.29, 0.717) is 0 Å². The van der Waals surface area contributed by atoms with Gasteiger partial charge in [0.15, 0.2) is 5.60 Å². The lowest BCUT2D eigenvalue weighted by Gasteiger charge is -2.21. The zero-order chi connectivity index (χ0) is 16.4. The molecule has 0 radical (unpaired) electrons. The predicted molar refractivity (Wildman–Crippen MR) is 92.1 cm³/mol. The van der Waals surface area contributed by atoms with Crippen molar-refractivity contribution < 1.29 is 9.57 Å². The van der Waals surface area contributed by atoms with Crippen LogP contribution in [0.3, 0.4) is 0 Å². The second-order valence-electron chi connectivity index (χ2n) is 6.54. The first-order chi connectivity index (χ1) is 11.8. The Morgan fingerprint density at radius 2 is 2.12 bits per heavy atom. The molecular formula is C19H21N3O2. The van der Waals surface area contributed by atoms with Gasteiger partial charge in [-0.3, -0.25) is 9.88 Å². The van der Waals surface area contributed by atoms with E-state index < -0.39 is 0 Å². The summed E-state index contributed by atoms with van der Waals surface area (Å²) in [5, 5.41) is 4.38. The summed E-state index contributed by atoms with van der Waals surface area (Å²) < 4.78 is 5.21. The first-order valence-corrected chi connectivity index (χ1v) is 8.27. The van der Waals surface area contributed by atoms with Crippen LogP contribution in [0.5, 0.6) is 5.75 Å². The molecule has 1 saturated heterocycles. The highest BCUT2D eigenvalue weighted by Gasteiger charge is 2.45. The average Bonchev–Trinajstić information content (AvgIpc) is 3.23. The van der Waals surface area contributed by atoms with Crippen LogP contribution in [0, 0.1) is 0 Å². The summed E-state index contributed by atoms with van der Waals surface area (Å²) in [5.41, 5.74) is 3.21. The Morgan fingerprint density at radius 1 is 1.25 bits per heavy atom. The molecule has 2 aliphatic rings. The standard InChI is InChI=1S/C19H21N3O2/c1-23-17-6-4-16(5-7-17)18-11-19(24-21-18)8-10-22(14-19)13-15-3-2-9-20-12-15/h2-7,9,12H,8,10-11,13-14H2,1H3. The minimum Gasteiger partial charge on any atom is -0.497 e. The number of aromatic nitrogens is 1. The molecule has 2 aromatic rings. The van der Waals surface area contributed by atoms with E-state index in [1.807, 2.05) is 42.7 Å². The third kappa shape index (κ3) is 2.99. The Labute approximate surface area is 141 Å². The van der Waals surface area contributed by atoms with Gasteiger partial charge in [0.1, 0.15) is 5.75 Å². The van der Waals surface area contributed by atoms with Gasteiger partial charge in [-0.1, -0.05) is 11.2 Å². The van der Waals surface area contributed by atoms with E-state index in [4.69, 9.17) is 9.57 Å². The fourth-order valence-electron chi connectivity index (χ4n) is 3.49. The van der Waals surface area contributed by atoms with E-state index >= 15 is 0 Å². The number of methoxy groups -OCH3 is 1. The highest BCUT2D eigenvalue weighted by atomic mass is 16.7.